The van der Waals surface area contributed by atoms with Crippen LogP contribution in [0.3, 0.4) is 0 Å². The van der Waals surface area contributed by atoms with E-state index in [0.29, 0.717) is 41.4 Å². The van der Waals surface area contributed by atoms with E-state index in [9.17, 15) is 4.79 Å². The number of furan rings is 1. The Bertz CT molecular complexity index is 1540. The Balaban J connectivity index is 1.53. The average Bonchev–Trinajstić information content (AvgIpc) is 3.68. The molecule has 1 aliphatic rings. The van der Waals surface area contributed by atoms with Gasteiger partial charge in [-0.15, -0.1) is 5.10 Å². The lowest BCUT2D eigenvalue weighted by Gasteiger charge is -2.39. The smallest absolute Gasteiger partial charge is 0.255 e. The summed E-state index contributed by atoms with van der Waals surface area (Å²) in [4.78, 5) is 25.4. The van der Waals surface area contributed by atoms with Gasteiger partial charge in [0.15, 0.2) is 22.6 Å². The highest BCUT2D eigenvalue weighted by molar-refractivity contribution is 5.94. The molecule has 0 radical (unpaired) electrons. The van der Waals surface area contributed by atoms with Crippen LogP contribution < -0.4 is 5.73 Å². The second kappa shape index (κ2) is 8.45. The summed E-state index contributed by atoms with van der Waals surface area (Å²) in [6, 6.07) is 13.1. The van der Waals surface area contributed by atoms with Gasteiger partial charge in [0.1, 0.15) is 0 Å². The summed E-state index contributed by atoms with van der Waals surface area (Å²) in [5.74, 6) is 0.943. The second-order valence-electron chi connectivity index (χ2n) is 9.10. The molecule has 6 rings (SSSR count). The van der Waals surface area contributed by atoms with E-state index in [1.165, 1.54) is 4.52 Å². The quantitative estimate of drug-likeness (QED) is 0.401. The van der Waals surface area contributed by atoms with Crippen LogP contribution in [-0.4, -0.2) is 66.5 Å². The second-order valence-corrected chi connectivity index (χ2v) is 9.10. The number of piperidine rings is 1. The van der Waals surface area contributed by atoms with E-state index >= 15 is 0 Å². The number of nitrogens with zero attached hydrogens (tertiary/aromatic N) is 7. The standard InChI is InChI=1S/C25H26N8O3/c1-25(16-8-4-3-5-9-16,23(34)31-12-6-10-17(15-31)35-2)33-22-18(14-27-33)21-28-20(19-11-7-13-36-19)30-32(21)24(26)29-22/h3-5,7-9,11,13-14,17H,6,10,12,15H2,1-2H3,(H2,26,29)/t17-,25?/m1/s1. The molecule has 0 spiro atoms. The first kappa shape index (κ1) is 22.2. The summed E-state index contributed by atoms with van der Waals surface area (Å²) in [6.07, 6.45) is 5.01. The van der Waals surface area contributed by atoms with Crippen molar-refractivity contribution in [1.29, 1.82) is 0 Å². The maximum absolute atomic E-state index is 14.2. The van der Waals surface area contributed by atoms with E-state index in [4.69, 9.17) is 14.9 Å². The molecule has 4 aromatic heterocycles. The number of carbonyl (C=O) groups is 1. The molecule has 0 aliphatic carbocycles. The number of amides is 1. The molecule has 0 saturated carbocycles. The van der Waals surface area contributed by atoms with Crippen LogP contribution in [0.2, 0.25) is 0 Å². The Morgan fingerprint density at radius 3 is 2.75 bits per heavy atom. The van der Waals surface area contributed by atoms with E-state index in [0.717, 1.165) is 18.4 Å². The Morgan fingerprint density at radius 1 is 1.17 bits per heavy atom. The van der Waals surface area contributed by atoms with Crippen LogP contribution in [0.15, 0.2) is 59.3 Å². The fourth-order valence-corrected chi connectivity index (χ4v) is 4.97. The number of nitrogen functional groups attached to an aromatic ring is 1. The van der Waals surface area contributed by atoms with Gasteiger partial charge in [-0.1, -0.05) is 30.3 Å². The zero-order valence-electron chi connectivity index (χ0n) is 20.0. The van der Waals surface area contributed by atoms with E-state index < -0.39 is 5.54 Å². The molecule has 1 aliphatic heterocycles. The van der Waals surface area contributed by atoms with Gasteiger partial charge < -0.3 is 19.8 Å². The molecule has 1 saturated heterocycles. The fraction of sp³-hybridized carbons (Fsp3) is 0.320. The van der Waals surface area contributed by atoms with Crippen molar-refractivity contribution in [2.45, 2.75) is 31.4 Å². The molecule has 1 unspecified atom stereocenters. The summed E-state index contributed by atoms with van der Waals surface area (Å²) in [6.45, 7) is 3.04. The van der Waals surface area contributed by atoms with Crippen LogP contribution in [0.5, 0.6) is 0 Å². The summed E-state index contributed by atoms with van der Waals surface area (Å²) in [5.41, 5.74) is 6.85. The first-order valence-electron chi connectivity index (χ1n) is 11.8. The highest BCUT2D eigenvalue weighted by atomic mass is 16.5. The minimum atomic E-state index is -1.18. The van der Waals surface area contributed by atoms with Crippen molar-refractivity contribution >= 4 is 28.5 Å². The monoisotopic (exact) mass is 486 g/mol. The summed E-state index contributed by atoms with van der Waals surface area (Å²) in [7, 11) is 1.68. The molecule has 11 nitrogen and oxygen atoms in total. The van der Waals surface area contributed by atoms with Crippen molar-refractivity contribution < 1.29 is 13.9 Å². The number of likely N-dealkylation sites (tertiary alicyclic amines) is 1. The zero-order chi connectivity index (χ0) is 24.9. The number of nitrogens with two attached hydrogens (primary N) is 1. The molecule has 1 fully saturated rings. The topological polar surface area (TPSA) is 130 Å². The lowest BCUT2D eigenvalue weighted by molar-refractivity contribution is -0.142. The van der Waals surface area contributed by atoms with Crippen molar-refractivity contribution in [2.75, 3.05) is 25.9 Å². The molecule has 1 amide bonds. The number of ether oxygens (including phenoxy) is 1. The number of hydrogen-bond acceptors (Lipinski definition) is 8. The summed E-state index contributed by atoms with van der Waals surface area (Å²) in [5, 5.41) is 9.76. The third-order valence-corrected chi connectivity index (χ3v) is 6.95. The van der Waals surface area contributed by atoms with Crippen LogP contribution in [-0.2, 0) is 15.1 Å². The van der Waals surface area contributed by atoms with E-state index in [-0.39, 0.29) is 18.0 Å². The zero-order valence-corrected chi connectivity index (χ0v) is 20.0. The number of anilines is 1. The number of fused-ring (bicyclic) bond motifs is 3. The van der Waals surface area contributed by atoms with Crippen molar-refractivity contribution in [3.05, 3.63) is 60.5 Å². The Hall–Kier alpha value is -4.25. The van der Waals surface area contributed by atoms with E-state index in [2.05, 4.69) is 20.2 Å². The van der Waals surface area contributed by atoms with Gasteiger partial charge in [-0.25, -0.2) is 9.67 Å². The van der Waals surface area contributed by atoms with Crippen LogP contribution >= 0.6 is 0 Å². The third-order valence-electron chi connectivity index (χ3n) is 6.95. The van der Waals surface area contributed by atoms with Gasteiger partial charge in [-0.3, -0.25) is 4.79 Å². The molecule has 2 atom stereocenters. The number of methoxy groups -OCH3 is 1. The van der Waals surface area contributed by atoms with Crippen molar-refractivity contribution in [1.82, 2.24) is 34.3 Å². The highest BCUT2D eigenvalue weighted by Gasteiger charge is 2.44. The Kier molecular flexibility index (Phi) is 5.22. The number of hydrogen-bond donors (Lipinski definition) is 1. The normalized spacial score (nSPS) is 18.1. The number of rotatable bonds is 5. The molecule has 11 heteroatoms. The molecular weight excluding hydrogens is 460 g/mol. The SMILES string of the molecule is CO[C@@H]1CCCN(C(=O)C(C)(c2ccccc2)n2ncc3c2nc(N)n2nc(-c4ccco4)nc32)C1. The molecule has 184 valence electrons. The van der Waals surface area contributed by atoms with Crippen molar-refractivity contribution in [3.63, 3.8) is 0 Å². The number of carbonyl (C=O) groups excluding carboxylic acids is 1. The van der Waals surface area contributed by atoms with E-state index in [1.54, 1.807) is 36.4 Å². The summed E-state index contributed by atoms with van der Waals surface area (Å²) >= 11 is 0. The Morgan fingerprint density at radius 2 is 2.00 bits per heavy atom. The predicted octanol–water partition coefficient (Wildman–Crippen LogP) is 2.72. The van der Waals surface area contributed by atoms with Crippen molar-refractivity contribution in [2.24, 2.45) is 0 Å². The van der Waals surface area contributed by atoms with Gasteiger partial charge in [0.2, 0.25) is 11.8 Å². The van der Waals surface area contributed by atoms with Crippen LogP contribution in [0.25, 0.3) is 28.3 Å². The first-order chi connectivity index (χ1) is 17.5. The maximum Gasteiger partial charge on any atom is 0.255 e. The molecule has 36 heavy (non-hydrogen) atoms. The average molecular weight is 487 g/mol. The van der Waals surface area contributed by atoms with Crippen molar-refractivity contribution in [3.8, 4) is 11.6 Å². The Labute approximate surface area is 206 Å². The van der Waals surface area contributed by atoms with Crippen LogP contribution in [0, 0.1) is 0 Å². The minimum Gasteiger partial charge on any atom is -0.461 e. The lowest BCUT2D eigenvalue weighted by Crippen LogP contribution is -2.53. The van der Waals surface area contributed by atoms with Gasteiger partial charge >= 0.3 is 0 Å². The highest BCUT2D eigenvalue weighted by Crippen LogP contribution is 2.33. The minimum absolute atomic E-state index is 0.00139. The van der Waals surface area contributed by atoms with Gasteiger partial charge in [0.25, 0.3) is 5.91 Å². The van der Waals surface area contributed by atoms with Gasteiger partial charge in [-0.2, -0.15) is 14.6 Å². The molecule has 2 N–H and O–H groups in total. The molecule has 5 heterocycles. The molecule has 5 aromatic rings. The van der Waals surface area contributed by atoms with Crippen LogP contribution in [0.4, 0.5) is 5.95 Å². The fourth-order valence-electron chi connectivity index (χ4n) is 4.97. The lowest BCUT2D eigenvalue weighted by atomic mass is 9.89. The van der Waals surface area contributed by atoms with Gasteiger partial charge in [0.05, 0.1) is 24.0 Å². The first-order valence-corrected chi connectivity index (χ1v) is 11.8. The number of benzene rings is 1. The number of aromatic nitrogens is 6. The molecule has 1 aromatic carbocycles. The van der Waals surface area contributed by atoms with Gasteiger partial charge in [-0.05, 0) is 37.5 Å². The predicted molar refractivity (Wildman–Crippen MR) is 132 cm³/mol. The van der Waals surface area contributed by atoms with Gasteiger partial charge in [0, 0.05) is 20.2 Å². The van der Waals surface area contributed by atoms with E-state index in [1.807, 2.05) is 42.2 Å². The van der Waals surface area contributed by atoms with Crippen LogP contribution in [0.1, 0.15) is 25.3 Å². The largest absolute Gasteiger partial charge is 0.461 e. The molecular formula is C25H26N8O3. The maximum atomic E-state index is 14.2. The third kappa shape index (κ3) is 3.34. The molecule has 0 bridgehead atoms. The summed E-state index contributed by atoms with van der Waals surface area (Å²) < 4.78 is 14.1.